The Labute approximate surface area is 111 Å². The van der Waals surface area contributed by atoms with E-state index in [2.05, 4.69) is 4.98 Å². The highest BCUT2D eigenvalue weighted by molar-refractivity contribution is 5.41. The zero-order valence-electron chi connectivity index (χ0n) is 10.6. The lowest BCUT2D eigenvalue weighted by Gasteiger charge is -2.29. The van der Waals surface area contributed by atoms with Crippen molar-refractivity contribution in [2.24, 2.45) is 0 Å². The number of fused-ring (bicyclic) bond motifs is 1. The van der Waals surface area contributed by atoms with Crippen molar-refractivity contribution in [1.82, 2.24) is 4.98 Å². The van der Waals surface area contributed by atoms with Gasteiger partial charge in [0, 0.05) is 11.8 Å². The molecule has 0 radical (unpaired) electrons. The third-order valence-electron chi connectivity index (χ3n) is 3.88. The molecule has 1 aliphatic rings. The quantitative estimate of drug-likeness (QED) is 0.796. The van der Waals surface area contributed by atoms with E-state index in [9.17, 15) is 9.50 Å². The Morgan fingerprint density at radius 1 is 1.16 bits per heavy atom. The van der Waals surface area contributed by atoms with E-state index in [0.717, 1.165) is 36.6 Å². The molecule has 3 rings (SSSR count). The molecule has 1 aliphatic carbocycles. The maximum Gasteiger partial charge on any atom is 0.141 e. The molecule has 1 heterocycles. The number of rotatable bonds is 1. The molecular formula is C16H16FNO. The number of halogens is 1. The summed E-state index contributed by atoms with van der Waals surface area (Å²) >= 11 is 0. The fourth-order valence-corrected chi connectivity index (χ4v) is 2.91. The number of aliphatic hydroxyl groups is 1. The second-order valence-corrected chi connectivity index (χ2v) is 5.12. The molecule has 0 aliphatic heterocycles. The number of pyridine rings is 1. The van der Waals surface area contributed by atoms with Crippen LogP contribution in [0.4, 0.5) is 4.39 Å². The first-order valence-electron chi connectivity index (χ1n) is 6.62. The monoisotopic (exact) mass is 257 g/mol. The number of aromatic nitrogens is 1. The largest absolute Gasteiger partial charge is 0.380 e. The van der Waals surface area contributed by atoms with Crippen molar-refractivity contribution in [1.29, 1.82) is 0 Å². The summed E-state index contributed by atoms with van der Waals surface area (Å²) in [5.41, 5.74) is 1.45. The molecule has 1 aromatic heterocycles. The molecular weight excluding hydrogens is 241 g/mol. The number of aryl methyl sites for hydroxylation is 1. The van der Waals surface area contributed by atoms with Crippen LogP contribution < -0.4 is 0 Å². The van der Waals surface area contributed by atoms with Crippen LogP contribution >= 0.6 is 0 Å². The van der Waals surface area contributed by atoms with Gasteiger partial charge < -0.3 is 5.11 Å². The van der Waals surface area contributed by atoms with Gasteiger partial charge in [-0.3, -0.25) is 4.98 Å². The van der Waals surface area contributed by atoms with Gasteiger partial charge in [0.15, 0.2) is 0 Å². The van der Waals surface area contributed by atoms with E-state index >= 15 is 0 Å². The zero-order valence-corrected chi connectivity index (χ0v) is 10.6. The average molecular weight is 257 g/mol. The average Bonchev–Trinajstić information content (AvgIpc) is 2.60. The van der Waals surface area contributed by atoms with E-state index < -0.39 is 11.4 Å². The van der Waals surface area contributed by atoms with Gasteiger partial charge in [0.25, 0.3) is 0 Å². The second-order valence-electron chi connectivity index (χ2n) is 5.12. The summed E-state index contributed by atoms with van der Waals surface area (Å²) < 4.78 is 13.4. The van der Waals surface area contributed by atoms with Crippen LogP contribution in [0.5, 0.6) is 0 Å². The Morgan fingerprint density at radius 2 is 2.00 bits per heavy atom. The van der Waals surface area contributed by atoms with Crippen LogP contribution in [0.2, 0.25) is 0 Å². The van der Waals surface area contributed by atoms with Crippen molar-refractivity contribution in [3.63, 3.8) is 0 Å². The highest BCUT2D eigenvalue weighted by Gasteiger charge is 2.35. The smallest absolute Gasteiger partial charge is 0.141 e. The van der Waals surface area contributed by atoms with E-state index in [1.807, 2.05) is 24.3 Å². The molecule has 2 nitrogen and oxygen atoms in total. The first kappa shape index (κ1) is 12.3. The van der Waals surface area contributed by atoms with Gasteiger partial charge in [0.1, 0.15) is 11.4 Å². The fraction of sp³-hybridized carbons (Fsp3) is 0.312. The van der Waals surface area contributed by atoms with Gasteiger partial charge in [0.2, 0.25) is 0 Å². The first-order chi connectivity index (χ1) is 9.20. The summed E-state index contributed by atoms with van der Waals surface area (Å²) in [6.07, 6.45) is 6.25. The second kappa shape index (κ2) is 4.74. The van der Waals surface area contributed by atoms with Crippen molar-refractivity contribution < 1.29 is 9.50 Å². The van der Waals surface area contributed by atoms with Gasteiger partial charge in [-0.25, -0.2) is 4.39 Å². The minimum absolute atomic E-state index is 0.410. The van der Waals surface area contributed by atoms with E-state index in [4.69, 9.17) is 0 Å². The lowest BCUT2D eigenvalue weighted by atomic mass is 9.82. The van der Waals surface area contributed by atoms with E-state index in [1.54, 1.807) is 6.20 Å². The topological polar surface area (TPSA) is 33.1 Å². The van der Waals surface area contributed by atoms with Crippen LogP contribution in [0.1, 0.15) is 36.0 Å². The van der Waals surface area contributed by atoms with Crippen molar-refractivity contribution in [3.8, 4) is 0 Å². The molecule has 2 aromatic rings. The highest BCUT2D eigenvalue weighted by atomic mass is 19.1. The molecule has 1 aromatic carbocycles. The van der Waals surface area contributed by atoms with E-state index in [1.165, 1.54) is 6.07 Å². The Bertz CT molecular complexity index is 599. The standard InChI is InChI=1S/C16H16FNO/c17-14-9-13(10-18-11-14)16(19)8-4-3-6-12-5-1-2-7-15(12)16/h1-2,5,7,9-11,19H,3-4,6,8H2. The van der Waals surface area contributed by atoms with Crippen LogP contribution in [0.25, 0.3) is 0 Å². The van der Waals surface area contributed by atoms with Crippen LogP contribution in [0.3, 0.4) is 0 Å². The lowest BCUT2D eigenvalue weighted by Crippen LogP contribution is -2.27. The lowest BCUT2D eigenvalue weighted by molar-refractivity contribution is 0.0697. The van der Waals surface area contributed by atoms with Gasteiger partial charge in [-0.15, -0.1) is 0 Å². The molecule has 19 heavy (non-hydrogen) atoms. The molecule has 1 unspecified atom stereocenters. The first-order valence-corrected chi connectivity index (χ1v) is 6.62. The normalized spacial score (nSPS) is 22.6. The third kappa shape index (κ3) is 2.15. The SMILES string of the molecule is OC1(c2cncc(F)c2)CCCCc2ccccc21. The fourth-order valence-electron chi connectivity index (χ4n) is 2.91. The molecule has 1 atom stereocenters. The molecule has 0 bridgehead atoms. The van der Waals surface area contributed by atoms with Gasteiger partial charge in [-0.1, -0.05) is 24.3 Å². The zero-order chi connectivity index (χ0) is 13.3. The molecule has 1 N–H and O–H groups in total. The van der Waals surface area contributed by atoms with Crippen LogP contribution in [0, 0.1) is 5.82 Å². The van der Waals surface area contributed by atoms with Crippen LogP contribution in [-0.4, -0.2) is 10.1 Å². The van der Waals surface area contributed by atoms with Gasteiger partial charge >= 0.3 is 0 Å². The number of nitrogens with zero attached hydrogens (tertiary/aromatic N) is 1. The molecule has 0 fully saturated rings. The predicted molar refractivity (Wildman–Crippen MR) is 71.2 cm³/mol. The third-order valence-corrected chi connectivity index (χ3v) is 3.88. The highest BCUT2D eigenvalue weighted by Crippen LogP contribution is 2.39. The summed E-state index contributed by atoms with van der Waals surface area (Å²) in [5.74, 6) is -0.410. The maximum atomic E-state index is 13.4. The molecule has 0 spiro atoms. The number of hydrogen-bond donors (Lipinski definition) is 1. The Hall–Kier alpha value is -1.74. The molecule has 3 heteroatoms. The van der Waals surface area contributed by atoms with Gasteiger partial charge in [-0.2, -0.15) is 0 Å². The van der Waals surface area contributed by atoms with E-state index in [0.29, 0.717) is 12.0 Å². The summed E-state index contributed by atoms with van der Waals surface area (Å²) in [4.78, 5) is 3.87. The van der Waals surface area contributed by atoms with Gasteiger partial charge in [0.05, 0.1) is 6.20 Å². The van der Waals surface area contributed by atoms with Crippen molar-refractivity contribution in [2.45, 2.75) is 31.3 Å². The van der Waals surface area contributed by atoms with Gasteiger partial charge in [-0.05, 0) is 42.9 Å². The summed E-state index contributed by atoms with van der Waals surface area (Å²) in [7, 11) is 0. The summed E-state index contributed by atoms with van der Waals surface area (Å²) in [6, 6.07) is 9.26. The Morgan fingerprint density at radius 3 is 2.84 bits per heavy atom. The Balaban J connectivity index is 2.17. The summed E-state index contributed by atoms with van der Waals surface area (Å²) in [5, 5.41) is 11.1. The van der Waals surface area contributed by atoms with Crippen molar-refractivity contribution in [3.05, 3.63) is 65.2 Å². The van der Waals surface area contributed by atoms with Crippen molar-refractivity contribution in [2.75, 3.05) is 0 Å². The van der Waals surface area contributed by atoms with Crippen molar-refractivity contribution >= 4 is 0 Å². The number of hydrogen-bond acceptors (Lipinski definition) is 2. The predicted octanol–water partition coefficient (Wildman–Crippen LogP) is 3.18. The van der Waals surface area contributed by atoms with Crippen LogP contribution in [0.15, 0.2) is 42.7 Å². The molecule has 0 saturated carbocycles. The minimum atomic E-state index is -1.12. The number of benzene rings is 1. The Kier molecular flexibility index (Phi) is 3.07. The van der Waals surface area contributed by atoms with Crippen LogP contribution in [-0.2, 0) is 12.0 Å². The van der Waals surface area contributed by atoms with E-state index in [-0.39, 0.29) is 0 Å². The minimum Gasteiger partial charge on any atom is -0.380 e. The molecule has 98 valence electrons. The summed E-state index contributed by atoms with van der Waals surface area (Å²) in [6.45, 7) is 0. The maximum absolute atomic E-state index is 13.4. The molecule has 0 saturated heterocycles. The molecule has 0 amide bonds.